The molecule has 0 saturated carbocycles. The van der Waals surface area contributed by atoms with Crippen molar-refractivity contribution in [2.24, 2.45) is 0 Å². The minimum absolute atomic E-state index is 0.224. The van der Waals surface area contributed by atoms with Gasteiger partial charge in [-0.25, -0.2) is 0 Å². The quantitative estimate of drug-likeness (QED) is 0.702. The largest absolute Gasteiger partial charge is 0.489 e. The Morgan fingerprint density at radius 1 is 1.60 bits per heavy atom. The second-order valence-corrected chi connectivity index (χ2v) is 3.52. The topological polar surface area (TPSA) is 45.5 Å². The molecule has 78 valence electrons. The molecule has 0 amide bonds. The molecule has 3 heteroatoms. The van der Waals surface area contributed by atoms with E-state index in [9.17, 15) is 0 Å². The zero-order valence-electron chi connectivity index (χ0n) is 8.69. The van der Waals surface area contributed by atoms with E-state index < -0.39 is 0 Å². The molecule has 1 heterocycles. The molecular formula is C12H13NO2. The van der Waals surface area contributed by atoms with E-state index in [1.807, 2.05) is 25.1 Å². The number of hydrogen-bond acceptors (Lipinski definition) is 3. The van der Waals surface area contributed by atoms with Crippen LogP contribution in [0.1, 0.15) is 18.1 Å². The van der Waals surface area contributed by atoms with Gasteiger partial charge in [-0.1, -0.05) is 19.1 Å². The van der Waals surface area contributed by atoms with Crippen molar-refractivity contribution in [3.8, 4) is 11.8 Å². The van der Waals surface area contributed by atoms with Crippen molar-refractivity contribution in [2.75, 3.05) is 13.2 Å². The van der Waals surface area contributed by atoms with Crippen molar-refractivity contribution < 1.29 is 9.47 Å². The zero-order valence-corrected chi connectivity index (χ0v) is 8.69. The smallest absolute Gasteiger partial charge is 0.137 e. The highest BCUT2D eigenvalue weighted by Crippen LogP contribution is 2.23. The van der Waals surface area contributed by atoms with Gasteiger partial charge in [-0.2, -0.15) is 5.26 Å². The molecule has 0 unspecified atom stereocenters. The van der Waals surface area contributed by atoms with Crippen LogP contribution in [0.2, 0.25) is 0 Å². The first-order valence-electron chi connectivity index (χ1n) is 5.11. The summed E-state index contributed by atoms with van der Waals surface area (Å²) >= 11 is 0. The molecule has 1 fully saturated rings. The van der Waals surface area contributed by atoms with Crippen molar-refractivity contribution in [3.05, 3.63) is 29.3 Å². The SMILES string of the molecule is CCc1cccc(OC[C@@H]2CO2)c1C#N. The molecule has 0 spiro atoms. The van der Waals surface area contributed by atoms with Gasteiger partial charge in [-0.3, -0.25) is 0 Å². The van der Waals surface area contributed by atoms with Gasteiger partial charge in [0, 0.05) is 0 Å². The minimum atomic E-state index is 0.224. The monoisotopic (exact) mass is 203 g/mol. The van der Waals surface area contributed by atoms with E-state index in [1.54, 1.807) is 0 Å². The maximum absolute atomic E-state index is 9.05. The molecule has 0 aromatic heterocycles. The van der Waals surface area contributed by atoms with E-state index in [0.717, 1.165) is 18.6 Å². The number of hydrogen-bond donors (Lipinski definition) is 0. The third-order valence-electron chi connectivity index (χ3n) is 2.43. The molecule has 1 aromatic rings. The Bertz CT molecular complexity index is 391. The number of epoxide rings is 1. The molecule has 0 aliphatic carbocycles. The molecule has 0 N–H and O–H groups in total. The standard InChI is InChI=1S/C12H13NO2/c1-2-9-4-3-5-12(11(9)6-13)15-8-10-7-14-10/h3-5,10H,2,7-8H2,1H3/t10-/m0/s1. The zero-order chi connectivity index (χ0) is 10.7. The molecule has 3 nitrogen and oxygen atoms in total. The lowest BCUT2D eigenvalue weighted by Crippen LogP contribution is -2.06. The van der Waals surface area contributed by atoms with Gasteiger partial charge >= 0.3 is 0 Å². The fourth-order valence-corrected chi connectivity index (χ4v) is 1.47. The van der Waals surface area contributed by atoms with Crippen LogP contribution in [0.25, 0.3) is 0 Å². The van der Waals surface area contributed by atoms with Crippen LogP contribution in [0, 0.1) is 11.3 Å². The number of benzene rings is 1. The fraction of sp³-hybridized carbons (Fsp3) is 0.417. The molecule has 15 heavy (non-hydrogen) atoms. The van der Waals surface area contributed by atoms with Crippen molar-refractivity contribution in [1.29, 1.82) is 5.26 Å². The Balaban J connectivity index is 2.17. The minimum Gasteiger partial charge on any atom is -0.489 e. The van der Waals surface area contributed by atoms with Gasteiger partial charge < -0.3 is 9.47 Å². The Kier molecular flexibility index (Phi) is 2.89. The van der Waals surface area contributed by atoms with Crippen molar-refractivity contribution in [3.63, 3.8) is 0 Å². The van der Waals surface area contributed by atoms with Gasteiger partial charge in [0.15, 0.2) is 0 Å². The second kappa shape index (κ2) is 4.33. The lowest BCUT2D eigenvalue weighted by Gasteiger charge is -2.08. The normalized spacial score (nSPS) is 18.3. The molecule has 1 saturated heterocycles. The van der Waals surface area contributed by atoms with E-state index in [2.05, 4.69) is 6.07 Å². The van der Waals surface area contributed by atoms with Crippen LogP contribution in [-0.2, 0) is 11.2 Å². The molecule has 1 aromatic carbocycles. The third kappa shape index (κ3) is 2.28. The van der Waals surface area contributed by atoms with Crippen molar-refractivity contribution in [2.45, 2.75) is 19.4 Å². The lowest BCUT2D eigenvalue weighted by molar-refractivity contribution is 0.262. The molecule has 1 aliphatic heterocycles. The summed E-state index contributed by atoms with van der Waals surface area (Å²) in [5.41, 5.74) is 1.69. The van der Waals surface area contributed by atoms with Gasteiger partial charge in [-0.05, 0) is 18.1 Å². The van der Waals surface area contributed by atoms with Crippen LogP contribution in [0.5, 0.6) is 5.75 Å². The van der Waals surface area contributed by atoms with Gasteiger partial charge in [0.05, 0.1) is 12.2 Å². The Hall–Kier alpha value is -1.53. The van der Waals surface area contributed by atoms with E-state index in [0.29, 0.717) is 17.9 Å². The summed E-state index contributed by atoms with van der Waals surface area (Å²) < 4.78 is 10.6. The summed E-state index contributed by atoms with van der Waals surface area (Å²) in [4.78, 5) is 0. The van der Waals surface area contributed by atoms with Crippen LogP contribution < -0.4 is 4.74 Å². The first kappa shape index (κ1) is 10.0. The number of nitriles is 1. The van der Waals surface area contributed by atoms with Crippen LogP contribution in [0.3, 0.4) is 0 Å². The van der Waals surface area contributed by atoms with Gasteiger partial charge in [0.2, 0.25) is 0 Å². The molecule has 1 aliphatic rings. The predicted octanol–water partition coefficient (Wildman–Crippen LogP) is 1.90. The van der Waals surface area contributed by atoms with Gasteiger partial charge in [0.25, 0.3) is 0 Å². The van der Waals surface area contributed by atoms with E-state index in [-0.39, 0.29) is 6.10 Å². The Labute approximate surface area is 89.2 Å². The number of aryl methyl sites for hydroxylation is 1. The Morgan fingerprint density at radius 2 is 2.40 bits per heavy atom. The van der Waals surface area contributed by atoms with Crippen molar-refractivity contribution in [1.82, 2.24) is 0 Å². The molecule has 1 atom stereocenters. The average molecular weight is 203 g/mol. The molecular weight excluding hydrogens is 190 g/mol. The number of nitrogens with zero attached hydrogens (tertiary/aromatic N) is 1. The number of ether oxygens (including phenoxy) is 2. The molecule has 2 rings (SSSR count). The van der Waals surface area contributed by atoms with Crippen LogP contribution >= 0.6 is 0 Å². The maximum Gasteiger partial charge on any atom is 0.137 e. The lowest BCUT2D eigenvalue weighted by atomic mass is 10.1. The first-order valence-corrected chi connectivity index (χ1v) is 5.11. The predicted molar refractivity (Wildman–Crippen MR) is 55.8 cm³/mol. The van der Waals surface area contributed by atoms with Crippen LogP contribution in [0.4, 0.5) is 0 Å². The number of rotatable bonds is 4. The maximum atomic E-state index is 9.05. The summed E-state index contributed by atoms with van der Waals surface area (Å²) in [7, 11) is 0. The van der Waals surface area contributed by atoms with E-state index in [4.69, 9.17) is 14.7 Å². The highest BCUT2D eigenvalue weighted by atomic mass is 16.6. The highest BCUT2D eigenvalue weighted by Gasteiger charge is 2.23. The Morgan fingerprint density at radius 3 is 3.00 bits per heavy atom. The van der Waals surface area contributed by atoms with E-state index in [1.165, 1.54) is 0 Å². The summed E-state index contributed by atoms with van der Waals surface area (Å²) in [6, 6.07) is 7.90. The van der Waals surface area contributed by atoms with Gasteiger partial charge in [-0.15, -0.1) is 0 Å². The summed E-state index contributed by atoms with van der Waals surface area (Å²) in [5.74, 6) is 0.673. The highest BCUT2D eigenvalue weighted by molar-refractivity contribution is 5.48. The van der Waals surface area contributed by atoms with Gasteiger partial charge in [0.1, 0.15) is 24.5 Å². The second-order valence-electron chi connectivity index (χ2n) is 3.52. The third-order valence-corrected chi connectivity index (χ3v) is 2.43. The van der Waals surface area contributed by atoms with Crippen LogP contribution in [-0.4, -0.2) is 19.3 Å². The summed E-state index contributed by atoms with van der Waals surface area (Å²) in [5, 5.41) is 9.05. The molecule has 0 radical (unpaired) electrons. The van der Waals surface area contributed by atoms with E-state index >= 15 is 0 Å². The fourth-order valence-electron chi connectivity index (χ4n) is 1.47. The summed E-state index contributed by atoms with van der Waals surface area (Å²) in [6.07, 6.45) is 1.07. The summed E-state index contributed by atoms with van der Waals surface area (Å²) in [6.45, 7) is 3.35. The van der Waals surface area contributed by atoms with Crippen molar-refractivity contribution >= 4 is 0 Å². The van der Waals surface area contributed by atoms with Crippen LogP contribution in [0.15, 0.2) is 18.2 Å². The average Bonchev–Trinajstić information content (AvgIpc) is 3.09. The molecule has 0 bridgehead atoms. The first-order chi connectivity index (χ1) is 7.35.